The van der Waals surface area contributed by atoms with Gasteiger partial charge in [-0.2, -0.15) is 0 Å². The fraction of sp³-hybridized carbons (Fsp3) is 0.400. The molecule has 0 aliphatic rings. The lowest BCUT2D eigenvalue weighted by atomic mass is 10.3. The molecule has 0 radical (unpaired) electrons. The van der Waals surface area contributed by atoms with E-state index in [1.165, 1.54) is 0 Å². The number of hydrogen-bond acceptors (Lipinski definition) is 5. The van der Waals surface area contributed by atoms with E-state index in [1.807, 2.05) is 45.3 Å². The van der Waals surface area contributed by atoms with E-state index in [9.17, 15) is 0 Å². The maximum atomic E-state index is 4.57. The topological polar surface area (TPSA) is 53.9 Å². The number of aromatic nitrogens is 3. The van der Waals surface area contributed by atoms with Crippen LogP contribution in [0.5, 0.6) is 0 Å². The Kier molecular flexibility index (Phi) is 4.50. The molecule has 2 rings (SSSR count). The first kappa shape index (κ1) is 14.2. The third-order valence-corrected chi connectivity index (χ3v) is 3.07. The fourth-order valence-electron chi connectivity index (χ4n) is 1.98. The van der Waals surface area contributed by atoms with Gasteiger partial charge in [-0.1, -0.05) is 13.0 Å². The number of anilines is 2. The molecule has 2 aromatic rings. The van der Waals surface area contributed by atoms with Crippen LogP contribution in [0.15, 0.2) is 24.3 Å². The van der Waals surface area contributed by atoms with E-state index < -0.39 is 0 Å². The lowest BCUT2D eigenvalue weighted by molar-refractivity contribution is 0.836. The summed E-state index contributed by atoms with van der Waals surface area (Å²) in [7, 11) is 3.89. The van der Waals surface area contributed by atoms with Crippen molar-refractivity contribution in [2.24, 2.45) is 0 Å². The maximum absolute atomic E-state index is 4.57. The highest BCUT2D eigenvalue weighted by Gasteiger charge is 2.08. The molecule has 0 aromatic carbocycles. The van der Waals surface area contributed by atoms with Crippen molar-refractivity contribution >= 4 is 11.6 Å². The molecule has 2 heterocycles. The van der Waals surface area contributed by atoms with E-state index in [2.05, 4.69) is 32.1 Å². The van der Waals surface area contributed by atoms with E-state index in [1.54, 1.807) is 0 Å². The Bertz CT molecular complexity index is 560. The summed E-state index contributed by atoms with van der Waals surface area (Å²) in [4.78, 5) is 15.6. The average molecular weight is 271 g/mol. The number of aryl methyl sites for hydroxylation is 2. The van der Waals surface area contributed by atoms with Gasteiger partial charge in [0.05, 0.1) is 12.2 Å². The van der Waals surface area contributed by atoms with E-state index in [0.717, 1.165) is 41.8 Å². The van der Waals surface area contributed by atoms with E-state index in [-0.39, 0.29) is 0 Å². The van der Waals surface area contributed by atoms with Crippen molar-refractivity contribution in [1.29, 1.82) is 0 Å². The molecule has 2 aromatic heterocycles. The predicted octanol–water partition coefficient (Wildman–Crippen LogP) is 2.42. The highest BCUT2D eigenvalue weighted by Crippen LogP contribution is 2.16. The summed E-state index contributed by atoms with van der Waals surface area (Å²) in [5.74, 6) is 2.59. The molecular formula is C15H21N5. The first-order valence-corrected chi connectivity index (χ1v) is 6.81. The minimum atomic E-state index is 0.727. The van der Waals surface area contributed by atoms with Gasteiger partial charge in [-0.3, -0.25) is 4.98 Å². The van der Waals surface area contributed by atoms with Crippen LogP contribution in [0, 0.1) is 6.92 Å². The minimum Gasteiger partial charge on any atom is -0.373 e. The SMILES string of the molecule is CCc1nc(NC)cc(N(C)Cc2cccc(C)n2)n1. The van der Waals surface area contributed by atoms with Gasteiger partial charge in [-0.05, 0) is 19.1 Å². The molecule has 0 aliphatic carbocycles. The van der Waals surface area contributed by atoms with Gasteiger partial charge in [0.2, 0.25) is 0 Å². The number of rotatable bonds is 5. The van der Waals surface area contributed by atoms with Crippen LogP contribution in [0.2, 0.25) is 0 Å². The first-order valence-electron chi connectivity index (χ1n) is 6.81. The Labute approximate surface area is 120 Å². The summed E-state index contributed by atoms with van der Waals surface area (Å²) in [5.41, 5.74) is 2.07. The highest BCUT2D eigenvalue weighted by molar-refractivity contribution is 5.48. The lowest BCUT2D eigenvalue weighted by Gasteiger charge is -2.19. The second-order valence-corrected chi connectivity index (χ2v) is 4.76. The van der Waals surface area contributed by atoms with Gasteiger partial charge >= 0.3 is 0 Å². The van der Waals surface area contributed by atoms with Crippen molar-refractivity contribution in [3.63, 3.8) is 0 Å². The van der Waals surface area contributed by atoms with Crippen molar-refractivity contribution in [1.82, 2.24) is 15.0 Å². The average Bonchev–Trinajstić information content (AvgIpc) is 2.46. The van der Waals surface area contributed by atoms with Crippen LogP contribution in [0.1, 0.15) is 24.1 Å². The largest absolute Gasteiger partial charge is 0.373 e. The maximum Gasteiger partial charge on any atom is 0.134 e. The zero-order chi connectivity index (χ0) is 14.5. The summed E-state index contributed by atoms with van der Waals surface area (Å²) in [6.07, 6.45) is 0.819. The van der Waals surface area contributed by atoms with Crippen LogP contribution in [0.4, 0.5) is 11.6 Å². The van der Waals surface area contributed by atoms with Gasteiger partial charge in [-0.15, -0.1) is 0 Å². The molecule has 1 N–H and O–H groups in total. The molecule has 20 heavy (non-hydrogen) atoms. The van der Waals surface area contributed by atoms with Gasteiger partial charge in [0.25, 0.3) is 0 Å². The fourth-order valence-corrected chi connectivity index (χ4v) is 1.98. The van der Waals surface area contributed by atoms with Crippen LogP contribution in [-0.2, 0) is 13.0 Å². The van der Waals surface area contributed by atoms with Crippen LogP contribution in [-0.4, -0.2) is 29.0 Å². The highest BCUT2D eigenvalue weighted by atomic mass is 15.2. The predicted molar refractivity (Wildman–Crippen MR) is 82.0 cm³/mol. The molecule has 0 saturated carbocycles. The molecule has 5 nitrogen and oxygen atoms in total. The van der Waals surface area contributed by atoms with Crippen molar-refractivity contribution in [2.75, 3.05) is 24.3 Å². The molecule has 0 unspecified atom stereocenters. The third kappa shape index (κ3) is 3.44. The van der Waals surface area contributed by atoms with Crippen LogP contribution in [0.3, 0.4) is 0 Å². The zero-order valence-corrected chi connectivity index (χ0v) is 12.5. The van der Waals surface area contributed by atoms with Gasteiger partial charge in [0.1, 0.15) is 17.5 Å². The Balaban J connectivity index is 2.22. The second kappa shape index (κ2) is 6.32. The summed E-state index contributed by atoms with van der Waals surface area (Å²) < 4.78 is 0. The number of nitrogens with one attached hydrogen (secondary N) is 1. The Morgan fingerprint density at radius 2 is 2.00 bits per heavy atom. The second-order valence-electron chi connectivity index (χ2n) is 4.76. The third-order valence-electron chi connectivity index (χ3n) is 3.07. The molecule has 0 amide bonds. The molecule has 5 heteroatoms. The standard InChI is InChI=1S/C15H21N5/c1-5-13-18-14(16-3)9-15(19-13)20(4)10-12-8-6-7-11(2)17-12/h6-9H,5,10H2,1-4H3,(H,16,18,19). The molecule has 0 fully saturated rings. The first-order chi connectivity index (χ1) is 9.62. The molecule has 0 aliphatic heterocycles. The Hall–Kier alpha value is -2.17. The van der Waals surface area contributed by atoms with E-state index in [4.69, 9.17) is 0 Å². The Morgan fingerprint density at radius 3 is 2.65 bits per heavy atom. The number of hydrogen-bond donors (Lipinski definition) is 1. The molecule has 0 spiro atoms. The zero-order valence-electron chi connectivity index (χ0n) is 12.5. The Morgan fingerprint density at radius 1 is 1.20 bits per heavy atom. The van der Waals surface area contributed by atoms with Crippen molar-refractivity contribution in [3.8, 4) is 0 Å². The van der Waals surface area contributed by atoms with E-state index in [0.29, 0.717) is 0 Å². The van der Waals surface area contributed by atoms with Gasteiger partial charge in [0.15, 0.2) is 0 Å². The van der Waals surface area contributed by atoms with Crippen LogP contribution < -0.4 is 10.2 Å². The monoisotopic (exact) mass is 271 g/mol. The van der Waals surface area contributed by atoms with Gasteiger partial charge < -0.3 is 10.2 Å². The summed E-state index contributed by atoms with van der Waals surface area (Å²) >= 11 is 0. The van der Waals surface area contributed by atoms with Crippen LogP contribution >= 0.6 is 0 Å². The summed E-state index contributed by atoms with van der Waals surface area (Å²) in [6.45, 7) is 4.79. The minimum absolute atomic E-state index is 0.727. The number of pyridine rings is 1. The van der Waals surface area contributed by atoms with Crippen molar-refractivity contribution in [2.45, 2.75) is 26.8 Å². The van der Waals surface area contributed by atoms with Crippen LogP contribution in [0.25, 0.3) is 0 Å². The molecule has 0 saturated heterocycles. The van der Waals surface area contributed by atoms with Gasteiger partial charge in [-0.25, -0.2) is 9.97 Å². The summed E-state index contributed by atoms with van der Waals surface area (Å²) in [6, 6.07) is 8.02. The van der Waals surface area contributed by atoms with Crippen molar-refractivity contribution < 1.29 is 0 Å². The molecule has 0 atom stereocenters. The van der Waals surface area contributed by atoms with Gasteiger partial charge in [0, 0.05) is 32.3 Å². The summed E-state index contributed by atoms with van der Waals surface area (Å²) in [5, 5.41) is 3.08. The quantitative estimate of drug-likeness (QED) is 0.905. The molecular weight excluding hydrogens is 250 g/mol. The lowest BCUT2D eigenvalue weighted by Crippen LogP contribution is -2.19. The van der Waals surface area contributed by atoms with E-state index >= 15 is 0 Å². The molecule has 0 bridgehead atoms. The normalized spacial score (nSPS) is 10.4. The van der Waals surface area contributed by atoms with Crippen molar-refractivity contribution in [3.05, 3.63) is 41.5 Å². The smallest absolute Gasteiger partial charge is 0.134 e. The number of nitrogens with zero attached hydrogens (tertiary/aromatic N) is 4. The molecule has 106 valence electrons.